The van der Waals surface area contributed by atoms with Crippen LogP contribution in [0.4, 0.5) is 0 Å². The summed E-state index contributed by atoms with van der Waals surface area (Å²) in [5.41, 5.74) is 9.86. The minimum absolute atomic E-state index is 1.21. The van der Waals surface area contributed by atoms with Crippen molar-refractivity contribution in [1.29, 1.82) is 0 Å². The van der Waals surface area contributed by atoms with Crippen molar-refractivity contribution in [3.05, 3.63) is 166 Å². The number of benzene rings is 6. The van der Waals surface area contributed by atoms with Crippen molar-refractivity contribution >= 4 is 58.0 Å². The summed E-state index contributed by atoms with van der Waals surface area (Å²) < 4.78 is 0. The molecule has 0 N–H and O–H groups in total. The average molecular weight is 513 g/mol. The Labute approximate surface area is 237 Å². The predicted octanol–water partition coefficient (Wildman–Crippen LogP) is 11.1. The summed E-state index contributed by atoms with van der Waals surface area (Å²) in [5.74, 6) is 0. The molecule has 0 saturated heterocycles. The first-order valence-electron chi connectivity index (χ1n) is 13.9. The molecule has 0 amide bonds. The summed E-state index contributed by atoms with van der Waals surface area (Å²) in [4.78, 5) is 0. The molecule has 192 valence electrons. The molecule has 0 atom stereocenters. The fourth-order valence-corrected chi connectivity index (χ4v) is 5.21. The molecular formula is C40H32. The monoisotopic (exact) mass is 512 g/mol. The molecule has 0 aliphatic heterocycles. The largest absolute Gasteiger partial charge is 0.0610 e. The van der Waals surface area contributed by atoms with Crippen LogP contribution in [0.1, 0.15) is 44.5 Å². The highest BCUT2D eigenvalue weighted by Crippen LogP contribution is 2.28. The van der Waals surface area contributed by atoms with Gasteiger partial charge in [-0.3, -0.25) is 0 Å². The van der Waals surface area contributed by atoms with Crippen LogP contribution < -0.4 is 0 Å². The molecule has 0 spiro atoms. The van der Waals surface area contributed by atoms with E-state index in [1.165, 1.54) is 66.1 Å². The van der Waals surface area contributed by atoms with Gasteiger partial charge < -0.3 is 0 Å². The molecule has 0 heterocycles. The maximum atomic E-state index is 2.25. The quantitative estimate of drug-likeness (QED) is 0.195. The van der Waals surface area contributed by atoms with Gasteiger partial charge in [-0.05, 0) is 68.8 Å². The molecular weight excluding hydrogens is 480 g/mol. The van der Waals surface area contributed by atoms with Crippen LogP contribution in [0.25, 0.3) is 58.0 Å². The van der Waals surface area contributed by atoms with Crippen molar-refractivity contribution in [2.75, 3.05) is 0 Å². The summed E-state index contributed by atoms with van der Waals surface area (Å²) in [7, 11) is 0. The molecule has 0 unspecified atom stereocenters. The van der Waals surface area contributed by atoms with Gasteiger partial charge in [-0.2, -0.15) is 0 Å². The topological polar surface area (TPSA) is 0 Å². The van der Waals surface area contributed by atoms with Crippen molar-refractivity contribution in [3.8, 4) is 0 Å². The SMILES string of the molecule is Cc1ccc(/C=C/c2cccc3c(/C=C/c4cccc5c(/C=C/c6ccc(C)cc6)cccc45)cccc23)cc1. The second-order valence-corrected chi connectivity index (χ2v) is 10.4. The Bertz CT molecular complexity index is 1740. The highest BCUT2D eigenvalue weighted by Gasteiger charge is 2.04. The van der Waals surface area contributed by atoms with Gasteiger partial charge in [0.15, 0.2) is 0 Å². The second kappa shape index (κ2) is 11.4. The van der Waals surface area contributed by atoms with Gasteiger partial charge in [-0.1, -0.05) is 169 Å². The first-order valence-corrected chi connectivity index (χ1v) is 13.9. The third-order valence-electron chi connectivity index (χ3n) is 7.49. The molecule has 0 heteroatoms. The minimum Gasteiger partial charge on any atom is -0.0610 e. The zero-order valence-corrected chi connectivity index (χ0v) is 23.0. The minimum atomic E-state index is 1.21. The van der Waals surface area contributed by atoms with Crippen LogP contribution in [0.5, 0.6) is 0 Å². The van der Waals surface area contributed by atoms with Gasteiger partial charge in [0, 0.05) is 0 Å². The molecule has 6 aromatic carbocycles. The molecule has 0 nitrogen and oxygen atoms in total. The van der Waals surface area contributed by atoms with Crippen LogP contribution in [-0.2, 0) is 0 Å². The van der Waals surface area contributed by atoms with Crippen LogP contribution in [0.2, 0.25) is 0 Å². The Balaban J connectivity index is 1.32. The lowest BCUT2D eigenvalue weighted by Gasteiger charge is -2.08. The zero-order chi connectivity index (χ0) is 27.3. The summed E-state index contributed by atoms with van der Waals surface area (Å²) in [6.45, 7) is 4.24. The van der Waals surface area contributed by atoms with Gasteiger partial charge in [0.25, 0.3) is 0 Å². The van der Waals surface area contributed by atoms with Crippen molar-refractivity contribution in [3.63, 3.8) is 0 Å². The van der Waals surface area contributed by atoms with Crippen LogP contribution in [0, 0.1) is 13.8 Å². The lowest BCUT2D eigenvalue weighted by atomic mass is 9.96. The van der Waals surface area contributed by atoms with E-state index in [0.29, 0.717) is 0 Å². The lowest BCUT2D eigenvalue weighted by Crippen LogP contribution is -1.84. The molecule has 0 aliphatic rings. The molecule has 6 rings (SSSR count). The predicted molar refractivity (Wildman–Crippen MR) is 177 cm³/mol. The molecule has 0 radical (unpaired) electrons. The molecule has 40 heavy (non-hydrogen) atoms. The van der Waals surface area contributed by atoms with Crippen molar-refractivity contribution in [2.24, 2.45) is 0 Å². The van der Waals surface area contributed by atoms with Crippen LogP contribution in [0.15, 0.2) is 121 Å². The molecule has 6 aromatic rings. The first-order chi connectivity index (χ1) is 19.6. The maximum absolute atomic E-state index is 2.25. The van der Waals surface area contributed by atoms with Crippen molar-refractivity contribution in [1.82, 2.24) is 0 Å². The van der Waals surface area contributed by atoms with Crippen LogP contribution >= 0.6 is 0 Å². The Morgan fingerprint density at radius 2 is 0.575 bits per heavy atom. The third kappa shape index (κ3) is 5.58. The maximum Gasteiger partial charge on any atom is -0.0105 e. The molecule has 0 aromatic heterocycles. The van der Waals surface area contributed by atoms with E-state index in [0.717, 1.165) is 0 Å². The Hall–Kier alpha value is -4.94. The zero-order valence-electron chi connectivity index (χ0n) is 23.0. The number of fused-ring (bicyclic) bond motifs is 2. The van der Waals surface area contributed by atoms with E-state index in [9.17, 15) is 0 Å². The fourth-order valence-electron chi connectivity index (χ4n) is 5.21. The fraction of sp³-hybridized carbons (Fsp3) is 0.0500. The van der Waals surface area contributed by atoms with Crippen LogP contribution in [0.3, 0.4) is 0 Å². The van der Waals surface area contributed by atoms with Gasteiger partial charge >= 0.3 is 0 Å². The lowest BCUT2D eigenvalue weighted by molar-refractivity contribution is 1.46. The normalized spacial score (nSPS) is 11.9. The standard InChI is InChI=1S/C40H32/c1-29-15-19-31(20-16-29)23-25-33-7-3-13-39-35(9-5-11-37(33)39)27-28-36-10-6-12-38-34(8-4-14-40(36)38)26-24-32-21-17-30(2)18-22-32/h3-28H,1-2H3/b25-23+,26-24+,28-27+. The highest BCUT2D eigenvalue weighted by atomic mass is 14.1. The number of aryl methyl sites for hydroxylation is 2. The second-order valence-electron chi connectivity index (χ2n) is 10.4. The van der Waals surface area contributed by atoms with E-state index >= 15 is 0 Å². The van der Waals surface area contributed by atoms with Gasteiger partial charge in [-0.25, -0.2) is 0 Å². The van der Waals surface area contributed by atoms with Gasteiger partial charge in [0.05, 0.1) is 0 Å². The van der Waals surface area contributed by atoms with E-state index in [1.807, 2.05) is 0 Å². The van der Waals surface area contributed by atoms with Gasteiger partial charge in [-0.15, -0.1) is 0 Å². The molecule has 0 fully saturated rings. The summed E-state index contributed by atoms with van der Waals surface area (Å²) in [5, 5.41) is 5.03. The highest BCUT2D eigenvalue weighted by molar-refractivity contribution is 6.02. The molecule has 0 bridgehead atoms. The van der Waals surface area contributed by atoms with E-state index in [-0.39, 0.29) is 0 Å². The smallest absolute Gasteiger partial charge is 0.0105 e. The average Bonchev–Trinajstić information content (AvgIpc) is 2.99. The Morgan fingerprint density at radius 1 is 0.300 bits per heavy atom. The molecule has 0 saturated carbocycles. The number of rotatable bonds is 6. The Morgan fingerprint density at radius 3 is 0.875 bits per heavy atom. The van der Waals surface area contributed by atoms with Crippen molar-refractivity contribution < 1.29 is 0 Å². The van der Waals surface area contributed by atoms with Gasteiger partial charge in [0.2, 0.25) is 0 Å². The third-order valence-corrected chi connectivity index (χ3v) is 7.49. The van der Waals surface area contributed by atoms with Crippen LogP contribution in [-0.4, -0.2) is 0 Å². The van der Waals surface area contributed by atoms with E-state index < -0.39 is 0 Å². The Kier molecular flexibility index (Phi) is 7.24. The number of hydrogen-bond acceptors (Lipinski definition) is 0. The number of hydrogen-bond donors (Lipinski definition) is 0. The van der Waals surface area contributed by atoms with E-state index in [1.54, 1.807) is 0 Å². The van der Waals surface area contributed by atoms with Gasteiger partial charge in [0.1, 0.15) is 0 Å². The van der Waals surface area contributed by atoms with E-state index in [4.69, 9.17) is 0 Å². The summed E-state index contributed by atoms with van der Waals surface area (Å²) in [6.07, 6.45) is 13.3. The van der Waals surface area contributed by atoms with Crippen molar-refractivity contribution in [2.45, 2.75) is 13.8 Å². The summed E-state index contributed by atoms with van der Waals surface area (Å²) in [6, 6.07) is 43.5. The summed E-state index contributed by atoms with van der Waals surface area (Å²) >= 11 is 0. The first kappa shape index (κ1) is 25.3. The molecule has 0 aliphatic carbocycles. The van der Waals surface area contributed by atoms with E-state index in [2.05, 4.69) is 172 Å².